The Morgan fingerprint density at radius 2 is 2.11 bits per heavy atom. The van der Waals surface area contributed by atoms with E-state index in [-0.39, 0.29) is 11.7 Å². The average Bonchev–Trinajstić information content (AvgIpc) is 2.68. The van der Waals surface area contributed by atoms with Crippen molar-refractivity contribution < 1.29 is 9.90 Å². The Hall–Kier alpha value is -1.33. The van der Waals surface area contributed by atoms with E-state index in [1.165, 1.54) is 16.2 Å². The number of halogens is 1. The van der Waals surface area contributed by atoms with Gasteiger partial charge in [0, 0.05) is 18.8 Å². The van der Waals surface area contributed by atoms with E-state index >= 15 is 0 Å². The molecule has 0 aliphatic rings. The predicted octanol–water partition coefficient (Wildman–Crippen LogP) is 3.80. The van der Waals surface area contributed by atoms with Crippen LogP contribution in [0.1, 0.15) is 15.2 Å². The van der Waals surface area contributed by atoms with E-state index in [1.807, 2.05) is 13.0 Å². The predicted molar refractivity (Wildman–Crippen MR) is 77.6 cm³/mol. The fraction of sp³-hybridized carbons (Fsp3) is 0.154. The van der Waals surface area contributed by atoms with Crippen molar-refractivity contribution in [2.24, 2.45) is 0 Å². The second-order valence-corrected chi connectivity index (χ2v) is 6.32. The lowest BCUT2D eigenvalue weighted by atomic mass is 10.2. The number of benzene rings is 1. The molecule has 1 amide bonds. The molecule has 0 radical (unpaired) electrons. The summed E-state index contributed by atoms with van der Waals surface area (Å²) in [5.41, 5.74) is 1.72. The van der Waals surface area contributed by atoms with Gasteiger partial charge in [-0.2, -0.15) is 0 Å². The number of thiophene rings is 1. The number of carbonyl (C=O) groups is 1. The third-order valence-corrected chi connectivity index (χ3v) is 4.71. The van der Waals surface area contributed by atoms with E-state index in [1.54, 1.807) is 31.3 Å². The highest BCUT2D eigenvalue weighted by Gasteiger charge is 2.17. The molecule has 18 heavy (non-hydrogen) atoms. The summed E-state index contributed by atoms with van der Waals surface area (Å²) >= 11 is 4.82. The van der Waals surface area contributed by atoms with Crippen LogP contribution in [0.25, 0.3) is 0 Å². The number of aromatic hydroxyl groups is 1. The molecule has 1 N–H and O–H groups in total. The van der Waals surface area contributed by atoms with Crippen LogP contribution in [0.4, 0.5) is 5.69 Å². The minimum Gasteiger partial charge on any atom is -0.508 e. The number of hydrogen-bond donors (Lipinski definition) is 1. The van der Waals surface area contributed by atoms with Crippen molar-refractivity contribution in [3.05, 3.63) is 44.6 Å². The highest BCUT2D eigenvalue weighted by Crippen LogP contribution is 2.29. The highest BCUT2D eigenvalue weighted by atomic mass is 79.9. The van der Waals surface area contributed by atoms with Crippen LogP contribution in [-0.2, 0) is 0 Å². The van der Waals surface area contributed by atoms with Gasteiger partial charge in [0.05, 0.1) is 8.66 Å². The molecule has 1 heterocycles. The number of nitrogens with zero attached hydrogens (tertiary/aromatic N) is 1. The number of carbonyl (C=O) groups excluding carboxylic acids is 1. The lowest BCUT2D eigenvalue weighted by Gasteiger charge is -2.16. The van der Waals surface area contributed by atoms with E-state index in [9.17, 15) is 9.90 Å². The van der Waals surface area contributed by atoms with Crippen LogP contribution < -0.4 is 4.90 Å². The quantitative estimate of drug-likeness (QED) is 0.912. The van der Waals surface area contributed by atoms with Gasteiger partial charge in [-0.05, 0) is 46.6 Å². The van der Waals surface area contributed by atoms with Crippen molar-refractivity contribution in [2.75, 3.05) is 11.9 Å². The van der Waals surface area contributed by atoms with Crippen LogP contribution in [0.3, 0.4) is 0 Å². The fourth-order valence-corrected chi connectivity index (χ4v) is 3.06. The van der Waals surface area contributed by atoms with E-state index in [4.69, 9.17) is 0 Å². The first-order valence-electron chi connectivity index (χ1n) is 5.32. The third-order valence-electron chi connectivity index (χ3n) is 2.59. The first kappa shape index (κ1) is 13.1. The van der Waals surface area contributed by atoms with Crippen LogP contribution in [0.5, 0.6) is 5.75 Å². The number of aryl methyl sites for hydroxylation is 1. The molecule has 0 unspecified atom stereocenters. The largest absolute Gasteiger partial charge is 0.508 e. The monoisotopic (exact) mass is 325 g/mol. The first-order valence-corrected chi connectivity index (χ1v) is 6.93. The normalized spacial score (nSPS) is 10.4. The molecule has 0 aliphatic heterocycles. The fourth-order valence-electron chi connectivity index (χ4n) is 1.55. The number of anilines is 1. The van der Waals surface area contributed by atoms with Crippen LogP contribution in [0.15, 0.2) is 34.1 Å². The molecule has 0 fully saturated rings. The maximum atomic E-state index is 12.3. The summed E-state index contributed by atoms with van der Waals surface area (Å²) in [6, 6.07) is 8.49. The maximum Gasteiger partial charge on any atom is 0.268 e. The molecule has 0 saturated heterocycles. The lowest BCUT2D eigenvalue weighted by Crippen LogP contribution is -2.25. The van der Waals surface area contributed by atoms with Gasteiger partial charge < -0.3 is 10.0 Å². The zero-order valence-corrected chi connectivity index (χ0v) is 12.4. The minimum atomic E-state index is -0.0839. The third kappa shape index (κ3) is 2.57. The molecular weight excluding hydrogens is 314 g/mol. The van der Waals surface area contributed by atoms with Crippen LogP contribution in [0.2, 0.25) is 0 Å². The van der Waals surface area contributed by atoms with Crippen LogP contribution >= 0.6 is 27.3 Å². The molecular formula is C13H12BrNO2S. The smallest absolute Gasteiger partial charge is 0.268 e. The molecule has 0 bridgehead atoms. The Morgan fingerprint density at radius 1 is 1.39 bits per heavy atom. The molecule has 5 heteroatoms. The number of phenols is 1. The van der Waals surface area contributed by atoms with E-state index < -0.39 is 0 Å². The van der Waals surface area contributed by atoms with Crippen molar-refractivity contribution in [1.29, 1.82) is 0 Å². The van der Waals surface area contributed by atoms with E-state index in [0.29, 0.717) is 10.6 Å². The van der Waals surface area contributed by atoms with Gasteiger partial charge >= 0.3 is 0 Å². The van der Waals surface area contributed by atoms with Gasteiger partial charge in [0.2, 0.25) is 0 Å². The highest BCUT2D eigenvalue weighted by molar-refractivity contribution is 9.11. The van der Waals surface area contributed by atoms with Gasteiger partial charge in [0.25, 0.3) is 5.91 Å². The second-order valence-electron chi connectivity index (χ2n) is 3.95. The minimum absolute atomic E-state index is 0.0839. The maximum absolute atomic E-state index is 12.3. The summed E-state index contributed by atoms with van der Waals surface area (Å²) in [5, 5.41) is 9.42. The lowest BCUT2D eigenvalue weighted by molar-refractivity contribution is 0.0997. The molecule has 2 rings (SSSR count). The number of hydrogen-bond acceptors (Lipinski definition) is 3. The van der Waals surface area contributed by atoms with Crippen LogP contribution in [0, 0.1) is 6.92 Å². The summed E-state index contributed by atoms with van der Waals surface area (Å²) in [5.74, 6) is 0.0649. The van der Waals surface area contributed by atoms with E-state index in [2.05, 4.69) is 15.9 Å². The molecule has 2 aromatic rings. The van der Waals surface area contributed by atoms with Gasteiger partial charge in [-0.3, -0.25) is 4.79 Å². The number of phenolic OH excluding ortho intramolecular Hbond substituents is 1. The molecule has 0 atom stereocenters. The Labute approximate surface area is 118 Å². The van der Waals surface area contributed by atoms with Gasteiger partial charge in [-0.25, -0.2) is 0 Å². The Kier molecular flexibility index (Phi) is 3.73. The van der Waals surface area contributed by atoms with Crippen molar-refractivity contribution in [3.8, 4) is 5.75 Å². The second kappa shape index (κ2) is 5.12. The van der Waals surface area contributed by atoms with E-state index in [0.717, 1.165) is 9.35 Å². The number of rotatable bonds is 2. The zero-order valence-electron chi connectivity index (χ0n) is 9.98. The van der Waals surface area contributed by atoms with Gasteiger partial charge in [0.1, 0.15) is 5.75 Å². The SMILES string of the molecule is Cc1cc(C(=O)N(C)c2cccc(O)c2)sc1Br. The molecule has 94 valence electrons. The van der Waals surface area contributed by atoms with Crippen molar-refractivity contribution in [1.82, 2.24) is 0 Å². The molecule has 3 nitrogen and oxygen atoms in total. The summed E-state index contributed by atoms with van der Waals surface area (Å²) in [7, 11) is 1.69. The summed E-state index contributed by atoms with van der Waals surface area (Å²) in [6.45, 7) is 1.95. The topological polar surface area (TPSA) is 40.5 Å². The molecule has 0 aliphatic carbocycles. The summed E-state index contributed by atoms with van der Waals surface area (Å²) < 4.78 is 0.968. The number of amides is 1. The van der Waals surface area contributed by atoms with Gasteiger partial charge in [-0.1, -0.05) is 6.07 Å². The molecule has 1 aromatic carbocycles. The van der Waals surface area contributed by atoms with Crippen molar-refractivity contribution >= 4 is 38.9 Å². The standard InChI is InChI=1S/C13H12BrNO2S/c1-8-6-11(18-12(8)14)13(17)15(2)9-4-3-5-10(16)7-9/h3-7,16H,1-2H3. The Bertz CT molecular complexity index is 575. The molecule has 1 aromatic heterocycles. The Morgan fingerprint density at radius 3 is 2.67 bits per heavy atom. The Balaban J connectivity index is 2.29. The summed E-state index contributed by atoms with van der Waals surface area (Å²) in [4.78, 5) is 14.5. The van der Waals surface area contributed by atoms with Gasteiger partial charge in [0.15, 0.2) is 0 Å². The summed E-state index contributed by atoms with van der Waals surface area (Å²) in [6.07, 6.45) is 0. The zero-order chi connectivity index (χ0) is 13.3. The molecule has 0 saturated carbocycles. The van der Waals surface area contributed by atoms with Gasteiger partial charge in [-0.15, -0.1) is 11.3 Å². The van der Waals surface area contributed by atoms with Crippen molar-refractivity contribution in [2.45, 2.75) is 6.92 Å². The van der Waals surface area contributed by atoms with Crippen LogP contribution in [-0.4, -0.2) is 18.1 Å². The molecule has 0 spiro atoms. The van der Waals surface area contributed by atoms with Crippen molar-refractivity contribution in [3.63, 3.8) is 0 Å². The average molecular weight is 326 g/mol. The first-order chi connectivity index (χ1) is 8.49.